The Morgan fingerprint density at radius 1 is 0.857 bits per heavy atom. The SMILES string of the molecule is O=C(O)CCCCCCC(=O)NNC(=O)c1ccccc1. The van der Waals surface area contributed by atoms with Crippen LogP contribution >= 0.6 is 0 Å². The Morgan fingerprint density at radius 3 is 2.10 bits per heavy atom. The topological polar surface area (TPSA) is 95.5 Å². The number of rotatable bonds is 8. The number of hydrogen-bond acceptors (Lipinski definition) is 3. The van der Waals surface area contributed by atoms with Crippen LogP contribution < -0.4 is 10.9 Å². The summed E-state index contributed by atoms with van der Waals surface area (Å²) >= 11 is 0. The predicted molar refractivity (Wildman–Crippen MR) is 77.4 cm³/mol. The molecule has 0 aliphatic heterocycles. The molecule has 0 unspecified atom stereocenters. The normalized spacial score (nSPS) is 9.90. The van der Waals surface area contributed by atoms with Gasteiger partial charge in [0.1, 0.15) is 0 Å². The third kappa shape index (κ3) is 7.71. The van der Waals surface area contributed by atoms with Gasteiger partial charge in [0, 0.05) is 18.4 Å². The first-order valence-electron chi connectivity index (χ1n) is 6.95. The summed E-state index contributed by atoms with van der Waals surface area (Å²) in [7, 11) is 0. The van der Waals surface area contributed by atoms with Gasteiger partial charge in [-0.05, 0) is 25.0 Å². The number of aliphatic carboxylic acids is 1. The van der Waals surface area contributed by atoms with Crippen molar-refractivity contribution in [3.05, 3.63) is 35.9 Å². The van der Waals surface area contributed by atoms with Crippen molar-refractivity contribution in [1.29, 1.82) is 0 Å². The maximum Gasteiger partial charge on any atom is 0.303 e. The Hall–Kier alpha value is -2.37. The van der Waals surface area contributed by atoms with E-state index in [9.17, 15) is 14.4 Å². The van der Waals surface area contributed by atoms with Crippen molar-refractivity contribution in [2.45, 2.75) is 38.5 Å². The molecule has 0 atom stereocenters. The minimum atomic E-state index is -0.795. The van der Waals surface area contributed by atoms with E-state index in [0.29, 0.717) is 24.8 Å². The van der Waals surface area contributed by atoms with Gasteiger partial charge in [-0.2, -0.15) is 0 Å². The number of amides is 2. The first-order valence-corrected chi connectivity index (χ1v) is 6.95. The fourth-order valence-electron chi connectivity index (χ4n) is 1.77. The average molecular weight is 292 g/mol. The number of benzene rings is 1. The first kappa shape index (κ1) is 16.7. The van der Waals surface area contributed by atoms with Crippen LogP contribution in [-0.2, 0) is 9.59 Å². The first-order chi connectivity index (χ1) is 10.1. The summed E-state index contributed by atoms with van der Waals surface area (Å²) in [6.45, 7) is 0. The Morgan fingerprint density at radius 2 is 1.48 bits per heavy atom. The minimum absolute atomic E-state index is 0.166. The molecule has 0 aliphatic rings. The smallest absolute Gasteiger partial charge is 0.303 e. The predicted octanol–water partition coefficient (Wildman–Crippen LogP) is 1.87. The van der Waals surface area contributed by atoms with Gasteiger partial charge in [-0.3, -0.25) is 25.2 Å². The van der Waals surface area contributed by atoms with Gasteiger partial charge in [-0.25, -0.2) is 0 Å². The second-order valence-electron chi connectivity index (χ2n) is 4.68. The Bertz CT molecular complexity index is 474. The number of carbonyl (C=O) groups excluding carboxylic acids is 2. The molecule has 21 heavy (non-hydrogen) atoms. The maximum atomic E-state index is 11.6. The number of hydrogen-bond donors (Lipinski definition) is 3. The molecular formula is C15H20N2O4. The molecule has 0 aliphatic carbocycles. The highest BCUT2D eigenvalue weighted by molar-refractivity contribution is 5.95. The van der Waals surface area contributed by atoms with Crippen LogP contribution in [0.2, 0.25) is 0 Å². The number of carboxylic acids is 1. The van der Waals surface area contributed by atoms with Crippen LogP contribution in [0.1, 0.15) is 48.9 Å². The van der Waals surface area contributed by atoms with Crippen molar-refractivity contribution in [3.8, 4) is 0 Å². The van der Waals surface area contributed by atoms with Crippen molar-refractivity contribution >= 4 is 17.8 Å². The second-order valence-corrected chi connectivity index (χ2v) is 4.68. The van der Waals surface area contributed by atoms with Gasteiger partial charge in [0.2, 0.25) is 5.91 Å². The molecule has 0 spiro atoms. The fourth-order valence-corrected chi connectivity index (χ4v) is 1.77. The number of carboxylic acid groups (broad SMARTS) is 1. The molecule has 0 saturated heterocycles. The van der Waals surface area contributed by atoms with Gasteiger partial charge in [-0.1, -0.05) is 31.0 Å². The molecule has 0 saturated carbocycles. The fraction of sp³-hybridized carbons (Fsp3) is 0.400. The van der Waals surface area contributed by atoms with Crippen LogP contribution in [0.15, 0.2) is 30.3 Å². The van der Waals surface area contributed by atoms with Crippen molar-refractivity contribution in [3.63, 3.8) is 0 Å². The van der Waals surface area contributed by atoms with Gasteiger partial charge in [0.05, 0.1) is 0 Å². The van der Waals surface area contributed by atoms with E-state index in [1.807, 2.05) is 0 Å². The molecule has 3 N–H and O–H groups in total. The molecule has 0 aromatic heterocycles. The van der Waals surface area contributed by atoms with Crippen LogP contribution in [0, 0.1) is 0 Å². The zero-order valence-corrected chi connectivity index (χ0v) is 11.8. The van der Waals surface area contributed by atoms with E-state index in [1.165, 1.54) is 0 Å². The Kier molecular flexibility index (Phi) is 7.56. The zero-order chi connectivity index (χ0) is 15.5. The van der Waals surface area contributed by atoms with Crippen molar-refractivity contribution in [2.24, 2.45) is 0 Å². The molecule has 0 radical (unpaired) electrons. The molecule has 6 heteroatoms. The maximum absolute atomic E-state index is 11.6. The summed E-state index contributed by atoms with van der Waals surface area (Å²) in [6, 6.07) is 8.61. The van der Waals surface area contributed by atoms with E-state index in [0.717, 1.165) is 12.8 Å². The van der Waals surface area contributed by atoms with Crippen molar-refractivity contribution in [2.75, 3.05) is 0 Å². The minimum Gasteiger partial charge on any atom is -0.481 e. The highest BCUT2D eigenvalue weighted by Crippen LogP contribution is 2.05. The second kappa shape index (κ2) is 9.52. The van der Waals surface area contributed by atoms with Crippen molar-refractivity contribution < 1.29 is 19.5 Å². The summed E-state index contributed by atoms with van der Waals surface area (Å²) in [5, 5.41) is 8.47. The van der Waals surface area contributed by atoms with E-state index in [2.05, 4.69) is 10.9 Å². The molecule has 0 fully saturated rings. The lowest BCUT2D eigenvalue weighted by molar-refractivity contribution is -0.137. The van der Waals surface area contributed by atoms with Crippen molar-refractivity contribution in [1.82, 2.24) is 10.9 Å². The number of nitrogens with one attached hydrogen (secondary N) is 2. The summed E-state index contributed by atoms with van der Waals surface area (Å²) in [4.78, 5) is 33.4. The van der Waals surface area contributed by atoms with Crippen LogP contribution in [-0.4, -0.2) is 22.9 Å². The lowest BCUT2D eigenvalue weighted by Gasteiger charge is -2.07. The molecule has 1 aromatic carbocycles. The summed E-state index contributed by atoms with van der Waals surface area (Å²) in [6.07, 6.45) is 3.36. The lowest BCUT2D eigenvalue weighted by Crippen LogP contribution is -2.41. The number of hydrazine groups is 1. The van der Waals surface area contributed by atoms with Crippen LogP contribution in [0.5, 0.6) is 0 Å². The summed E-state index contributed by atoms with van der Waals surface area (Å²) < 4.78 is 0. The summed E-state index contributed by atoms with van der Waals surface area (Å²) in [5.74, 6) is -1.40. The van der Waals surface area contributed by atoms with E-state index in [1.54, 1.807) is 30.3 Å². The lowest BCUT2D eigenvalue weighted by atomic mass is 10.1. The Balaban J connectivity index is 2.09. The van der Waals surface area contributed by atoms with Gasteiger partial charge in [0.25, 0.3) is 5.91 Å². The van der Waals surface area contributed by atoms with Gasteiger partial charge in [-0.15, -0.1) is 0 Å². The van der Waals surface area contributed by atoms with E-state index < -0.39 is 5.97 Å². The number of unbranched alkanes of at least 4 members (excludes halogenated alkanes) is 3. The molecule has 1 rings (SSSR count). The average Bonchev–Trinajstić information content (AvgIpc) is 2.49. The third-order valence-electron chi connectivity index (χ3n) is 2.90. The van der Waals surface area contributed by atoms with Crippen LogP contribution in [0.25, 0.3) is 0 Å². The molecular weight excluding hydrogens is 272 g/mol. The van der Waals surface area contributed by atoms with Crippen LogP contribution in [0.3, 0.4) is 0 Å². The highest BCUT2D eigenvalue weighted by Gasteiger charge is 2.06. The largest absolute Gasteiger partial charge is 0.481 e. The quantitative estimate of drug-likeness (QED) is 0.503. The van der Waals surface area contributed by atoms with Gasteiger partial charge >= 0.3 is 5.97 Å². The van der Waals surface area contributed by atoms with E-state index in [-0.39, 0.29) is 18.2 Å². The molecule has 2 amide bonds. The van der Waals surface area contributed by atoms with Crippen LogP contribution in [0.4, 0.5) is 0 Å². The molecule has 0 heterocycles. The standard InChI is InChI=1S/C15H20N2O4/c18-13(10-6-1-2-7-11-14(19)20)16-17-15(21)12-8-4-3-5-9-12/h3-5,8-9H,1-2,6-7,10-11H2,(H,16,18)(H,17,21)(H,19,20). The van der Waals surface area contributed by atoms with Gasteiger partial charge in [0.15, 0.2) is 0 Å². The van der Waals surface area contributed by atoms with E-state index in [4.69, 9.17) is 5.11 Å². The monoisotopic (exact) mass is 292 g/mol. The molecule has 1 aromatic rings. The molecule has 0 bridgehead atoms. The number of carbonyl (C=O) groups is 3. The molecule has 6 nitrogen and oxygen atoms in total. The van der Waals surface area contributed by atoms with Gasteiger partial charge < -0.3 is 5.11 Å². The highest BCUT2D eigenvalue weighted by atomic mass is 16.4. The van der Waals surface area contributed by atoms with E-state index >= 15 is 0 Å². The molecule has 114 valence electrons. The summed E-state index contributed by atoms with van der Waals surface area (Å²) in [5.41, 5.74) is 5.19. The zero-order valence-electron chi connectivity index (χ0n) is 11.8. The third-order valence-corrected chi connectivity index (χ3v) is 2.90. The Labute approximate surface area is 123 Å².